The van der Waals surface area contributed by atoms with Crippen LogP contribution < -0.4 is 5.73 Å². The second kappa shape index (κ2) is 4.48. The van der Waals surface area contributed by atoms with Gasteiger partial charge in [0, 0.05) is 26.0 Å². The molecule has 2 rings (SSSR count). The standard InChI is InChI=1S/C12H13FN4O/c1-16(2)12(18)10-5-6-17(15-10)11-4-3-8(14)7-9(11)13/h3-7H,14H2,1-2H3. The van der Waals surface area contributed by atoms with Crippen LogP contribution in [0.4, 0.5) is 10.1 Å². The summed E-state index contributed by atoms with van der Waals surface area (Å²) < 4.78 is 15.0. The average Bonchev–Trinajstić information content (AvgIpc) is 2.77. The second-order valence-corrected chi connectivity index (χ2v) is 4.06. The Morgan fingerprint density at radius 1 is 1.39 bits per heavy atom. The molecule has 0 saturated carbocycles. The summed E-state index contributed by atoms with van der Waals surface area (Å²) >= 11 is 0. The predicted molar refractivity (Wildman–Crippen MR) is 66.0 cm³/mol. The van der Waals surface area contributed by atoms with Gasteiger partial charge >= 0.3 is 0 Å². The molecule has 0 radical (unpaired) electrons. The van der Waals surface area contributed by atoms with E-state index in [0.29, 0.717) is 5.69 Å². The molecule has 0 unspecified atom stereocenters. The molecule has 1 heterocycles. The molecule has 5 nitrogen and oxygen atoms in total. The summed E-state index contributed by atoms with van der Waals surface area (Å²) in [5, 5.41) is 4.04. The average molecular weight is 248 g/mol. The molecule has 2 N–H and O–H groups in total. The maximum Gasteiger partial charge on any atom is 0.273 e. The van der Waals surface area contributed by atoms with Crippen LogP contribution in [0.5, 0.6) is 0 Å². The number of nitrogens with zero attached hydrogens (tertiary/aromatic N) is 3. The van der Waals surface area contributed by atoms with Crippen molar-refractivity contribution in [2.75, 3.05) is 19.8 Å². The molecule has 0 aliphatic rings. The number of hydrogen-bond donors (Lipinski definition) is 1. The highest BCUT2D eigenvalue weighted by Gasteiger charge is 2.13. The van der Waals surface area contributed by atoms with E-state index in [9.17, 15) is 9.18 Å². The van der Waals surface area contributed by atoms with Crippen LogP contribution in [0, 0.1) is 5.82 Å². The lowest BCUT2D eigenvalue weighted by Gasteiger charge is -2.07. The molecule has 0 aliphatic heterocycles. The van der Waals surface area contributed by atoms with E-state index >= 15 is 0 Å². The SMILES string of the molecule is CN(C)C(=O)c1ccn(-c2ccc(N)cc2F)n1. The Labute approximate surface area is 104 Å². The molecule has 0 atom stereocenters. The number of halogens is 1. The van der Waals surface area contributed by atoms with Gasteiger partial charge in [0.1, 0.15) is 5.69 Å². The molecule has 94 valence electrons. The maximum atomic E-state index is 13.7. The molecule has 0 aliphatic carbocycles. The van der Waals surface area contributed by atoms with E-state index in [1.807, 2.05) is 0 Å². The van der Waals surface area contributed by atoms with Crippen LogP contribution in [0.15, 0.2) is 30.5 Å². The topological polar surface area (TPSA) is 64.2 Å². The van der Waals surface area contributed by atoms with Gasteiger partial charge in [-0.1, -0.05) is 0 Å². The summed E-state index contributed by atoms with van der Waals surface area (Å²) in [4.78, 5) is 13.1. The maximum absolute atomic E-state index is 13.7. The van der Waals surface area contributed by atoms with Gasteiger partial charge in [-0.2, -0.15) is 5.10 Å². The fourth-order valence-corrected chi connectivity index (χ4v) is 1.51. The Morgan fingerprint density at radius 2 is 2.11 bits per heavy atom. The van der Waals surface area contributed by atoms with Crippen molar-refractivity contribution in [3.8, 4) is 5.69 Å². The lowest BCUT2D eigenvalue weighted by Crippen LogP contribution is -2.22. The molecule has 1 aromatic carbocycles. The van der Waals surface area contributed by atoms with Gasteiger partial charge in [-0.15, -0.1) is 0 Å². The number of aromatic nitrogens is 2. The van der Waals surface area contributed by atoms with Gasteiger partial charge in [-0.3, -0.25) is 4.79 Å². The first-order valence-corrected chi connectivity index (χ1v) is 5.32. The Bertz CT molecular complexity index is 592. The molecule has 1 amide bonds. The Morgan fingerprint density at radius 3 is 2.72 bits per heavy atom. The smallest absolute Gasteiger partial charge is 0.273 e. The van der Waals surface area contributed by atoms with Gasteiger partial charge in [-0.25, -0.2) is 9.07 Å². The molecular weight excluding hydrogens is 235 g/mol. The quantitative estimate of drug-likeness (QED) is 0.815. The van der Waals surface area contributed by atoms with Crippen molar-refractivity contribution in [1.29, 1.82) is 0 Å². The first-order chi connectivity index (χ1) is 8.49. The molecule has 0 fully saturated rings. The fraction of sp³-hybridized carbons (Fsp3) is 0.167. The largest absolute Gasteiger partial charge is 0.399 e. The number of carbonyl (C=O) groups is 1. The van der Waals surface area contributed by atoms with E-state index in [1.165, 1.54) is 34.0 Å². The van der Waals surface area contributed by atoms with Crippen molar-refractivity contribution in [1.82, 2.24) is 14.7 Å². The van der Waals surface area contributed by atoms with Crippen LogP contribution in [0.3, 0.4) is 0 Å². The number of nitrogen functional groups attached to an aromatic ring is 1. The Kier molecular flexibility index (Phi) is 3.01. The second-order valence-electron chi connectivity index (χ2n) is 4.06. The lowest BCUT2D eigenvalue weighted by atomic mass is 10.3. The van der Waals surface area contributed by atoms with Crippen LogP contribution in [0.25, 0.3) is 5.69 Å². The highest BCUT2D eigenvalue weighted by molar-refractivity contribution is 5.91. The van der Waals surface area contributed by atoms with Crippen molar-refractivity contribution in [3.63, 3.8) is 0 Å². The molecule has 18 heavy (non-hydrogen) atoms. The number of benzene rings is 1. The van der Waals surface area contributed by atoms with E-state index in [1.54, 1.807) is 20.2 Å². The van der Waals surface area contributed by atoms with Gasteiger partial charge in [0.2, 0.25) is 0 Å². The summed E-state index contributed by atoms with van der Waals surface area (Å²) in [6, 6.07) is 5.84. The van der Waals surface area contributed by atoms with Crippen LogP contribution in [-0.2, 0) is 0 Å². The van der Waals surface area contributed by atoms with Gasteiger partial charge < -0.3 is 10.6 Å². The predicted octanol–water partition coefficient (Wildman–Crippen LogP) is 1.30. The number of rotatable bonds is 2. The normalized spacial score (nSPS) is 10.4. The minimum Gasteiger partial charge on any atom is -0.399 e. The van der Waals surface area contributed by atoms with Gasteiger partial charge in [0.05, 0.1) is 0 Å². The number of nitrogens with two attached hydrogens (primary N) is 1. The number of hydrogen-bond acceptors (Lipinski definition) is 3. The van der Waals surface area contributed by atoms with Gasteiger partial charge in [0.25, 0.3) is 5.91 Å². The highest BCUT2D eigenvalue weighted by atomic mass is 19.1. The third-order valence-electron chi connectivity index (χ3n) is 2.43. The number of anilines is 1. The van der Waals surface area contributed by atoms with Gasteiger partial charge in [0.15, 0.2) is 11.5 Å². The molecule has 1 aromatic heterocycles. The Hall–Kier alpha value is -2.37. The van der Waals surface area contributed by atoms with Crippen molar-refractivity contribution >= 4 is 11.6 Å². The van der Waals surface area contributed by atoms with Crippen molar-refractivity contribution in [2.24, 2.45) is 0 Å². The molecule has 6 heteroatoms. The monoisotopic (exact) mass is 248 g/mol. The van der Waals surface area contributed by atoms with E-state index in [2.05, 4.69) is 5.10 Å². The van der Waals surface area contributed by atoms with Crippen LogP contribution in [0.2, 0.25) is 0 Å². The van der Waals surface area contributed by atoms with Crippen molar-refractivity contribution < 1.29 is 9.18 Å². The van der Waals surface area contributed by atoms with Crippen LogP contribution >= 0.6 is 0 Å². The third kappa shape index (κ3) is 2.17. The summed E-state index contributed by atoms with van der Waals surface area (Å²) in [6.07, 6.45) is 1.53. The summed E-state index contributed by atoms with van der Waals surface area (Å²) in [5.74, 6) is -0.716. The van der Waals surface area contributed by atoms with Gasteiger partial charge in [-0.05, 0) is 24.3 Å². The number of carbonyl (C=O) groups excluding carboxylic acids is 1. The third-order valence-corrected chi connectivity index (χ3v) is 2.43. The van der Waals surface area contributed by atoms with Crippen molar-refractivity contribution in [3.05, 3.63) is 42.0 Å². The first kappa shape index (κ1) is 12.1. The van der Waals surface area contributed by atoms with E-state index in [4.69, 9.17) is 5.73 Å². The Balaban J connectivity index is 2.38. The summed E-state index contributed by atoms with van der Waals surface area (Å²) in [7, 11) is 3.26. The van der Waals surface area contributed by atoms with E-state index in [-0.39, 0.29) is 17.3 Å². The number of amides is 1. The molecule has 2 aromatic rings. The zero-order valence-corrected chi connectivity index (χ0v) is 10.1. The molecular formula is C12H13FN4O. The first-order valence-electron chi connectivity index (χ1n) is 5.32. The lowest BCUT2D eigenvalue weighted by molar-refractivity contribution is 0.0821. The molecule has 0 saturated heterocycles. The zero-order chi connectivity index (χ0) is 13.3. The molecule has 0 spiro atoms. The van der Waals surface area contributed by atoms with E-state index in [0.717, 1.165) is 0 Å². The van der Waals surface area contributed by atoms with Crippen molar-refractivity contribution in [2.45, 2.75) is 0 Å². The fourth-order valence-electron chi connectivity index (χ4n) is 1.51. The molecule has 0 bridgehead atoms. The summed E-state index contributed by atoms with van der Waals surface area (Å²) in [6.45, 7) is 0. The van der Waals surface area contributed by atoms with Crippen LogP contribution in [-0.4, -0.2) is 34.7 Å². The minimum absolute atomic E-state index is 0.232. The summed E-state index contributed by atoms with van der Waals surface area (Å²) in [5.41, 5.74) is 6.32. The highest BCUT2D eigenvalue weighted by Crippen LogP contribution is 2.16. The van der Waals surface area contributed by atoms with E-state index < -0.39 is 5.82 Å². The van der Waals surface area contributed by atoms with Crippen LogP contribution in [0.1, 0.15) is 10.5 Å². The minimum atomic E-state index is -0.484. The zero-order valence-electron chi connectivity index (χ0n) is 10.1.